The lowest BCUT2D eigenvalue weighted by molar-refractivity contribution is -0.109. The number of aldehydes is 2. The van der Waals surface area contributed by atoms with Crippen molar-refractivity contribution in [3.05, 3.63) is 24.2 Å². The summed E-state index contributed by atoms with van der Waals surface area (Å²) in [5.74, 6) is 0.0253. The lowest BCUT2D eigenvalue weighted by Gasteiger charge is -1.98. The van der Waals surface area contributed by atoms with Gasteiger partial charge in [-0.05, 0) is 13.0 Å². The fourth-order valence-corrected chi connectivity index (χ4v) is 0.326. The minimum atomic E-state index is -0.0693. The van der Waals surface area contributed by atoms with Crippen molar-refractivity contribution in [3.63, 3.8) is 0 Å². The van der Waals surface area contributed by atoms with Gasteiger partial charge in [0, 0.05) is 0 Å². The summed E-state index contributed by atoms with van der Waals surface area (Å²) in [5, 5.41) is 0. The van der Waals surface area contributed by atoms with E-state index in [9.17, 15) is 9.59 Å². The molecule has 0 spiro atoms. The highest BCUT2D eigenvalue weighted by atomic mass is 16.5. The summed E-state index contributed by atoms with van der Waals surface area (Å²) in [5.41, 5.74) is 0. The SMILES string of the molecule is C=C(C=O)O/C(C=O)=C\C. The highest BCUT2D eigenvalue weighted by Crippen LogP contribution is 1.98. The van der Waals surface area contributed by atoms with Gasteiger partial charge in [-0.25, -0.2) is 0 Å². The molecule has 0 fully saturated rings. The average Bonchev–Trinajstić information content (AvgIpc) is 1.99. The van der Waals surface area contributed by atoms with Gasteiger partial charge in [-0.2, -0.15) is 0 Å². The van der Waals surface area contributed by atoms with Crippen LogP contribution in [0.1, 0.15) is 6.92 Å². The van der Waals surface area contributed by atoms with Crippen LogP contribution in [-0.2, 0) is 14.3 Å². The van der Waals surface area contributed by atoms with Gasteiger partial charge in [0.25, 0.3) is 0 Å². The third-order valence-electron chi connectivity index (χ3n) is 0.781. The largest absolute Gasteiger partial charge is 0.451 e. The van der Waals surface area contributed by atoms with E-state index in [0.717, 1.165) is 0 Å². The number of carbonyl (C=O) groups is 2. The molecule has 0 aliphatic rings. The fourth-order valence-electron chi connectivity index (χ4n) is 0.326. The summed E-state index contributed by atoms with van der Waals surface area (Å²) < 4.78 is 4.63. The molecule has 0 saturated heterocycles. The molecular weight excluding hydrogens is 132 g/mol. The monoisotopic (exact) mass is 140 g/mol. The van der Waals surface area contributed by atoms with E-state index >= 15 is 0 Å². The van der Waals surface area contributed by atoms with Gasteiger partial charge in [-0.3, -0.25) is 9.59 Å². The Kier molecular flexibility index (Phi) is 3.87. The quantitative estimate of drug-likeness (QED) is 0.330. The molecule has 0 rings (SSSR count). The van der Waals surface area contributed by atoms with Crippen molar-refractivity contribution in [1.29, 1.82) is 0 Å². The van der Waals surface area contributed by atoms with E-state index in [4.69, 9.17) is 0 Å². The van der Waals surface area contributed by atoms with Crippen LogP contribution in [0.2, 0.25) is 0 Å². The highest BCUT2D eigenvalue weighted by molar-refractivity contribution is 5.74. The van der Waals surface area contributed by atoms with Crippen LogP contribution >= 0.6 is 0 Å². The zero-order valence-electron chi connectivity index (χ0n) is 5.66. The van der Waals surface area contributed by atoms with Crippen LogP contribution in [-0.4, -0.2) is 12.6 Å². The zero-order valence-corrected chi connectivity index (χ0v) is 5.66. The Morgan fingerprint density at radius 1 is 1.40 bits per heavy atom. The smallest absolute Gasteiger partial charge is 0.184 e. The number of allylic oxidation sites excluding steroid dienone is 3. The first-order valence-electron chi connectivity index (χ1n) is 2.68. The van der Waals surface area contributed by atoms with Crippen LogP contribution in [0.25, 0.3) is 0 Å². The maximum absolute atomic E-state index is 10.0. The second kappa shape index (κ2) is 4.49. The van der Waals surface area contributed by atoms with Crippen molar-refractivity contribution < 1.29 is 14.3 Å². The van der Waals surface area contributed by atoms with Crippen LogP contribution < -0.4 is 0 Å². The third kappa shape index (κ3) is 2.81. The Labute approximate surface area is 59.0 Å². The number of carbonyl (C=O) groups excluding carboxylic acids is 2. The van der Waals surface area contributed by atoms with E-state index in [0.29, 0.717) is 12.6 Å². The van der Waals surface area contributed by atoms with Crippen LogP contribution in [0.5, 0.6) is 0 Å². The van der Waals surface area contributed by atoms with E-state index in [1.807, 2.05) is 0 Å². The van der Waals surface area contributed by atoms with Crippen molar-refractivity contribution in [3.8, 4) is 0 Å². The van der Waals surface area contributed by atoms with Crippen LogP contribution in [0.15, 0.2) is 24.2 Å². The minimum absolute atomic E-state index is 0.0693. The molecule has 54 valence electrons. The molecule has 0 atom stereocenters. The maximum atomic E-state index is 10.0. The second-order valence-corrected chi connectivity index (χ2v) is 1.50. The van der Waals surface area contributed by atoms with Crippen molar-refractivity contribution in [1.82, 2.24) is 0 Å². The number of hydrogen-bond donors (Lipinski definition) is 0. The lowest BCUT2D eigenvalue weighted by atomic mass is 10.5. The molecule has 10 heavy (non-hydrogen) atoms. The first-order valence-corrected chi connectivity index (χ1v) is 2.68. The van der Waals surface area contributed by atoms with Gasteiger partial charge in [0.1, 0.15) is 0 Å². The van der Waals surface area contributed by atoms with Crippen LogP contribution in [0.3, 0.4) is 0 Å². The summed E-state index contributed by atoms with van der Waals surface area (Å²) >= 11 is 0. The fraction of sp³-hybridized carbons (Fsp3) is 0.143. The molecule has 0 aromatic heterocycles. The van der Waals surface area contributed by atoms with Crippen molar-refractivity contribution in [2.24, 2.45) is 0 Å². The molecule has 0 N–H and O–H groups in total. The molecule has 0 radical (unpaired) electrons. The zero-order chi connectivity index (χ0) is 7.98. The van der Waals surface area contributed by atoms with Gasteiger partial charge in [-0.15, -0.1) is 0 Å². The molecule has 0 heterocycles. The molecule has 3 heteroatoms. The van der Waals surface area contributed by atoms with Gasteiger partial charge in [0.2, 0.25) is 0 Å². The minimum Gasteiger partial charge on any atom is -0.451 e. The topological polar surface area (TPSA) is 43.4 Å². The number of hydrogen-bond acceptors (Lipinski definition) is 3. The summed E-state index contributed by atoms with van der Waals surface area (Å²) in [6.07, 6.45) is 2.39. The maximum Gasteiger partial charge on any atom is 0.184 e. The standard InChI is InChI=1S/C7H8O3/c1-3-7(5-9)10-6(2)4-8/h3-5H,2H2,1H3/b7-3-. The third-order valence-corrected chi connectivity index (χ3v) is 0.781. The van der Waals surface area contributed by atoms with E-state index in [1.54, 1.807) is 6.92 Å². The molecular formula is C7H8O3. The van der Waals surface area contributed by atoms with Crippen molar-refractivity contribution >= 4 is 12.6 Å². The molecule has 0 bridgehead atoms. The Bertz CT molecular complexity index is 179. The van der Waals surface area contributed by atoms with E-state index < -0.39 is 0 Å². The summed E-state index contributed by atoms with van der Waals surface area (Å²) in [6, 6.07) is 0. The predicted molar refractivity (Wildman–Crippen MR) is 36.1 cm³/mol. The molecule has 0 aliphatic heterocycles. The highest BCUT2D eigenvalue weighted by Gasteiger charge is 1.95. The second-order valence-electron chi connectivity index (χ2n) is 1.50. The van der Waals surface area contributed by atoms with Gasteiger partial charge in [0.05, 0.1) is 0 Å². The van der Waals surface area contributed by atoms with E-state index in [2.05, 4.69) is 11.3 Å². The molecule has 0 aliphatic carbocycles. The Balaban J connectivity index is 3.99. The lowest BCUT2D eigenvalue weighted by Crippen LogP contribution is -1.93. The van der Waals surface area contributed by atoms with E-state index in [-0.39, 0.29) is 11.5 Å². The van der Waals surface area contributed by atoms with Crippen LogP contribution in [0.4, 0.5) is 0 Å². The summed E-state index contributed by atoms with van der Waals surface area (Å²) in [4.78, 5) is 19.9. The molecule has 0 amide bonds. The van der Waals surface area contributed by atoms with Gasteiger partial charge >= 0.3 is 0 Å². The number of rotatable bonds is 4. The molecule has 0 unspecified atom stereocenters. The van der Waals surface area contributed by atoms with Gasteiger partial charge < -0.3 is 4.74 Å². The van der Waals surface area contributed by atoms with Crippen molar-refractivity contribution in [2.75, 3.05) is 0 Å². The van der Waals surface area contributed by atoms with Gasteiger partial charge in [0.15, 0.2) is 24.1 Å². The van der Waals surface area contributed by atoms with Gasteiger partial charge in [-0.1, -0.05) is 6.58 Å². The summed E-state index contributed by atoms with van der Waals surface area (Å²) in [7, 11) is 0. The Morgan fingerprint density at radius 2 is 2.00 bits per heavy atom. The number of ether oxygens (including phenoxy) is 1. The Morgan fingerprint density at radius 3 is 2.30 bits per heavy atom. The summed E-state index contributed by atoms with van der Waals surface area (Å²) in [6.45, 7) is 4.85. The van der Waals surface area contributed by atoms with Crippen molar-refractivity contribution in [2.45, 2.75) is 6.92 Å². The van der Waals surface area contributed by atoms with E-state index in [1.165, 1.54) is 6.08 Å². The first-order chi connectivity index (χ1) is 4.74. The molecule has 0 aromatic carbocycles. The Hall–Kier alpha value is -1.38. The molecule has 0 aromatic rings. The average molecular weight is 140 g/mol. The normalized spacial score (nSPS) is 10.3. The molecule has 0 saturated carbocycles. The predicted octanol–water partition coefficient (Wildman–Crippen LogP) is 0.818. The molecule has 3 nitrogen and oxygen atoms in total. The van der Waals surface area contributed by atoms with Crippen LogP contribution in [0, 0.1) is 0 Å². The first kappa shape index (κ1) is 8.62.